The topological polar surface area (TPSA) is 69.8 Å². The first-order chi connectivity index (χ1) is 16.3. The van der Waals surface area contributed by atoms with Gasteiger partial charge >= 0.3 is 0 Å². The van der Waals surface area contributed by atoms with Gasteiger partial charge in [0.15, 0.2) is 0 Å². The summed E-state index contributed by atoms with van der Waals surface area (Å²) in [6, 6.07) is 14.6. The Morgan fingerprint density at radius 3 is 2.42 bits per heavy atom. The number of hydrogen-bond donors (Lipinski definition) is 2. The molecule has 0 aliphatic carbocycles. The fourth-order valence-electron chi connectivity index (χ4n) is 4.61. The monoisotopic (exact) mass is 448 g/mol. The van der Waals surface area contributed by atoms with Gasteiger partial charge in [0.05, 0.1) is 26.4 Å². The average Bonchev–Trinajstić information content (AvgIpc) is 3.31. The average molecular weight is 449 g/mol. The molecule has 3 heterocycles. The number of amides is 1. The summed E-state index contributed by atoms with van der Waals surface area (Å²) in [5.41, 5.74) is 5.21. The molecule has 0 saturated carbocycles. The van der Waals surface area contributed by atoms with E-state index in [-0.39, 0.29) is 5.91 Å². The van der Waals surface area contributed by atoms with E-state index >= 15 is 0 Å². The van der Waals surface area contributed by atoms with Crippen LogP contribution in [-0.4, -0.2) is 81.5 Å². The number of aromatic nitrogens is 1. The van der Waals surface area contributed by atoms with Crippen LogP contribution in [0, 0.1) is 0 Å². The van der Waals surface area contributed by atoms with Crippen molar-refractivity contribution >= 4 is 22.5 Å². The maximum absolute atomic E-state index is 12.6. The Balaban J connectivity index is 1.20. The second-order valence-corrected chi connectivity index (χ2v) is 8.67. The molecule has 7 nitrogen and oxygen atoms in total. The van der Waals surface area contributed by atoms with Gasteiger partial charge in [-0.1, -0.05) is 18.2 Å². The predicted octanol–water partition coefficient (Wildman–Crippen LogP) is 3.12. The Hall–Kier alpha value is -2.87. The summed E-state index contributed by atoms with van der Waals surface area (Å²) in [6.45, 7) is 8.69. The molecule has 1 aromatic heterocycles. The second kappa shape index (κ2) is 10.4. The van der Waals surface area contributed by atoms with E-state index in [4.69, 9.17) is 9.47 Å². The van der Waals surface area contributed by atoms with E-state index < -0.39 is 0 Å². The lowest BCUT2D eigenvalue weighted by Crippen LogP contribution is -2.38. The van der Waals surface area contributed by atoms with Crippen molar-refractivity contribution in [2.45, 2.75) is 6.42 Å². The van der Waals surface area contributed by atoms with Crippen LogP contribution in [0.3, 0.4) is 0 Å². The maximum atomic E-state index is 12.6. The minimum absolute atomic E-state index is 0.0232. The number of H-pyrrole nitrogens is 1. The molecule has 2 aliphatic heterocycles. The number of carbonyl (C=O) groups is 1. The summed E-state index contributed by atoms with van der Waals surface area (Å²) in [5, 5.41) is 4.18. The molecule has 5 rings (SSSR count). The standard InChI is InChI=1S/C26H32N4O3/c31-26(27-8-1-9-29-10-14-32-15-11-29)21-4-7-23-24(19-28-25(23)18-21)20-2-5-22(6-3-20)30-12-16-33-17-13-30/h2-7,18-19,28H,1,8-17H2,(H,27,31). The third-order valence-electron chi connectivity index (χ3n) is 6.54. The van der Waals surface area contributed by atoms with E-state index in [1.165, 1.54) is 11.3 Å². The quantitative estimate of drug-likeness (QED) is 0.544. The number of nitrogens with one attached hydrogen (secondary N) is 2. The number of ether oxygens (including phenoxy) is 2. The Bertz CT molecular complexity index is 1070. The van der Waals surface area contributed by atoms with Crippen molar-refractivity contribution in [3.05, 3.63) is 54.2 Å². The van der Waals surface area contributed by atoms with Crippen LogP contribution in [0.15, 0.2) is 48.7 Å². The molecular formula is C26H32N4O3. The highest BCUT2D eigenvalue weighted by molar-refractivity contribution is 6.02. The summed E-state index contributed by atoms with van der Waals surface area (Å²) >= 11 is 0. The van der Waals surface area contributed by atoms with Gasteiger partial charge in [-0.2, -0.15) is 0 Å². The van der Waals surface area contributed by atoms with E-state index in [1.807, 2.05) is 24.4 Å². The fourth-order valence-corrected chi connectivity index (χ4v) is 4.61. The molecule has 3 aromatic rings. The zero-order valence-electron chi connectivity index (χ0n) is 19.0. The van der Waals surface area contributed by atoms with Crippen molar-refractivity contribution < 1.29 is 14.3 Å². The summed E-state index contributed by atoms with van der Waals surface area (Å²) in [7, 11) is 0. The SMILES string of the molecule is O=C(NCCCN1CCOCC1)c1ccc2c(-c3ccc(N4CCOCC4)cc3)c[nH]c2c1. The van der Waals surface area contributed by atoms with Gasteiger partial charge in [-0.25, -0.2) is 0 Å². The van der Waals surface area contributed by atoms with Gasteiger partial charge in [0, 0.05) is 66.6 Å². The lowest BCUT2D eigenvalue weighted by Gasteiger charge is -2.28. The number of fused-ring (bicyclic) bond motifs is 1. The number of aromatic amines is 1. The van der Waals surface area contributed by atoms with Crippen LogP contribution < -0.4 is 10.2 Å². The highest BCUT2D eigenvalue weighted by atomic mass is 16.5. The first-order valence-electron chi connectivity index (χ1n) is 11.9. The Morgan fingerprint density at radius 2 is 1.67 bits per heavy atom. The zero-order chi connectivity index (χ0) is 22.5. The fraction of sp³-hybridized carbons (Fsp3) is 0.423. The molecule has 2 N–H and O–H groups in total. The second-order valence-electron chi connectivity index (χ2n) is 8.67. The van der Waals surface area contributed by atoms with Gasteiger partial charge in [0.25, 0.3) is 5.91 Å². The van der Waals surface area contributed by atoms with Gasteiger partial charge in [0.2, 0.25) is 0 Å². The molecular weight excluding hydrogens is 416 g/mol. The van der Waals surface area contributed by atoms with E-state index in [0.717, 1.165) is 82.0 Å². The third kappa shape index (κ3) is 5.21. The highest BCUT2D eigenvalue weighted by Gasteiger charge is 2.14. The smallest absolute Gasteiger partial charge is 0.251 e. The molecule has 174 valence electrons. The molecule has 2 aromatic carbocycles. The van der Waals surface area contributed by atoms with Crippen molar-refractivity contribution in [3.8, 4) is 11.1 Å². The number of hydrogen-bond acceptors (Lipinski definition) is 5. The summed E-state index contributed by atoms with van der Waals surface area (Å²) in [4.78, 5) is 20.7. The number of rotatable bonds is 7. The molecule has 0 unspecified atom stereocenters. The van der Waals surface area contributed by atoms with Crippen LogP contribution in [-0.2, 0) is 9.47 Å². The number of morpholine rings is 2. The van der Waals surface area contributed by atoms with Gasteiger partial charge in [-0.05, 0) is 42.8 Å². The highest BCUT2D eigenvalue weighted by Crippen LogP contribution is 2.30. The van der Waals surface area contributed by atoms with E-state index in [2.05, 4.69) is 44.4 Å². The summed E-state index contributed by atoms with van der Waals surface area (Å²) < 4.78 is 10.8. The largest absolute Gasteiger partial charge is 0.379 e. The van der Waals surface area contributed by atoms with Crippen molar-refractivity contribution in [2.75, 3.05) is 70.6 Å². The molecule has 7 heteroatoms. The third-order valence-corrected chi connectivity index (χ3v) is 6.54. The molecule has 1 amide bonds. The van der Waals surface area contributed by atoms with Crippen molar-refractivity contribution in [1.82, 2.24) is 15.2 Å². The Morgan fingerprint density at radius 1 is 0.939 bits per heavy atom. The summed E-state index contributed by atoms with van der Waals surface area (Å²) in [5.74, 6) is -0.0232. The zero-order valence-corrected chi connectivity index (χ0v) is 19.0. The molecule has 2 saturated heterocycles. The van der Waals surface area contributed by atoms with Gasteiger partial charge in [-0.15, -0.1) is 0 Å². The first-order valence-corrected chi connectivity index (χ1v) is 11.9. The molecule has 2 aliphatic rings. The number of anilines is 1. The van der Waals surface area contributed by atoms with Gasteiger partial charge in [0.1, 0.15) is 0 Å². The molecule has 0 spiro atoms. The van der Waals surface area contributed by atoms with Gasteiger partial charge in [-0.3, -0.25) is 9.69 Å². The lowest BCUT2D eigenvalue weighted by atomic mass is 10.0. The summed E-state index contributed by atoms with van der Waals surface area (Å²) in [6.07, 6.45) is 2.97. The Labute approximate surface area is 194 Å². The predicted molar refractivity (Wildman–Crippen MR) is 131 cm³/mol. The maximum Gasteiger partial charge on any atom is 0.251 e. The number of carbonyl (C=O) groups excluding carboxylic acids is 1. The van der Waals surface area contributed by atoms with Crippen molar-refractivity contribution in [1.29, 1.82) is 0 Å². The number of benzene rings is 2. The molecule has 0 atom stereocenters. The van der Waals surface area contributed by atoms with Crippen molar-refractivity contribution in [2.24, 2.45) is 0 Å². The van der Waals surface area contributed by atoms with Gasteiger partial charge < -0.3 is 24.7 Å². The van der Waals surface area contributed by atoms with Crippen molar-refractivity contribution in [3.63, 3.8) is 0 Å². The minimum atomic E-state index is -0.0232. The molecule has 2 fully saturated rings. The van der Waals surface area contributed by atoms with Crippen LogP contribution in [0.25, 0.3) is 22.0 Å². The lowest BCUT2D eigenvalue weighted by molar-refractivity contribution is 0.0374. The number of nitrogens with zero attached hydrogens (tertiary/aromatic N) is 2. The molecule has 0 bridgehead atoms. The van der Waals surface area contributed by atoms with E-state index in [9.17, 15) is 4.79 Å². The van der Waals surface area contributed by atoms with Crippen LogP contribution >= 0.6 is 0 Å². The molecule has 0 radical (unpaired) electrons. The van der Waals surface area contributed by atoms with Crippen LogP contribution in [0.1, 0.15) is 16.8 Å². The normalized spacial score (nSPS) is 17.4. The van der Waals surface area contributed by atoms with Crippen LogP contribution in [0.2, 0.25) is 0 Å². The molecule has 33 heavy (non-hydrogen) atoms. The van der Waals surface area contributed by atoms with E-state index in [0.29, 0.717) is 12.1 Å². The van der Waals surface area contributed by atoms with Crippen LogP contribution in [0.4, 0.5) is 5.69 Å². The first kappa shape index (κ1) is 21.9. The Kier molecular flexibility index (Phi) is 6.90. The van der Waals surface area contributed by atoms with E-state index in [1.54, 1.807) is 0 Å². The van der Waals surface area contributed by atoms with Crippen LogP contribution in [0.5, 0.6) is 0 Å². The minimum Gasteiger partial charge on any atom is -0.379 e.